The molecule has 8 nitrogen and oxygen atoms in total. The van der Waals surface area contributed by atoms with Gasteiger partial charge in [-0.15, -0.1) is 0 Å². The lowest BCUT2D eigenvalue weighted by Crippen LogP contribution is -2.37. The largest absolute Gasteiger partial charge is 0.416 e. The van der Waals surface area contributed by atoms with E-state index in [1.807, 2.05) is 6.07 Å². The summed E-state index contributed by atoms with van der Waals surface area (Å²) in [4.78, 5) is 35.3. The Bertz CT molecular complexity index is 1410. The number of benzene rings is 1. The third kappa shape index (κ3) is 5.94. The molecule has 2 saturated heterocycles. The van der Waals surface area contributed by atoms with Crippen molar-refractivity contribution in [2.24, 2.45) is 0 Å². The first kappa shape index (κ1) is 27.1. The van der Waals surface area contributed by atoms with E-state index in [1.165, 1.54) is 19.2 Å². The lowest BCUT2D eigenvalue weighted by Gasteiger charge is -2.29. The summed E-state index contributed by atoms with van der Waals surface area (Å²) in [7, 11) is 0. The van der Waals surface area contributed by atoms with Crippen LogP contribution < -0.4 is 15.6 Å². The highest BCUT2D eigenvalue weighted by atomic mass is 19.4. The number of pyridine rings is 2. The summed E-state index contributed by atoms with van der Waals surface area (Å²) >= 11 is 0. The molecule has 11 heteroatoms. The van der Waals surface area contributed by atoms with Crippen LogP contribution in [0, 0.1) is 6.92 Å². The second-order valence-corrected chi connectivity index (χ2v) is 10.1. The van der Waals surface area contributed by atoms with E-state index in [4.69, 9.17) is 4.74 Å². The molecule has 1 aromatic carbocycles. The summed E-state index contributed by atoms with van der Waals surface area (Å²) in [5, 5.41) is 2.83. The summed E-state index contributed by atoms with van der Waals surface area (Å²) in [5.74, 6) is -0.519. The number of fused-ring (bicyclic) bond motifs is 1. The normalized spacial score (nSPS) is 16.7. The number of morpholine rings is 1. The highest BCUT2D eigenvalue weighted by Gasteiger charge is 2.33. The summed E-state index contributed by atoms with van der Waals surface area (Å²) in [6.07, 6.45) is 0.828. The Labute approximate surface area is 224 Å². The number of ether oxygens (including phenoxy) is 1. The van der Waals surface area contributed by atoms with Crippen molar-refractivity contribution in [3.63, 3.8) is 0 Å². The monoisotopic (exact) mass is 543 g/mol. The minimum Gasteiger partial charge on any atom is -0.378 e. The fraction of sp³-hybridized carbons (Fsp3) is 0.464. The number of carbonyl (C=O) groups excluding carboxylic acids is 1. The maximum Gasteiger partial charge on any atom is 0.416 e. The van der Waals surface area contributed by atoms with Crippen LogP contribution in [0.5, 0.6) is 0 Å². The minimum atomic E-state index is -4.49. The SMILES string of the molecule is Cc1c(Cn2cc(C(=O)NCCN3CCCC3)c(=O)c3ncc(N4CCOCC4)cc32)cccc1C(F)(F)F. The average Bonchev–Trinajstić information content (AvgIpc) is 3.44. The molecule has 0 aliphatic carbocycles. The van der Waals surface area contributed by atoms with Crippen LogP contribution >= 0.6 is 0 Å². The summed E-state index contributed by atoms with van der Waals surface area (Å²) < 4.78 is 47.9. The van der Waals surface area contributed by atoms with Crippen LogP contribution in [0.25, 0.3) is 11.0 Å². The Morgan fingerprint density at radius 2 is 1.87 bits per heavy atom. The van der Waals surface area contributed by atoms with Gasteiger partial charge in [-0.3, -0.25) is 9.59 Å². The second-order valence-electron chi connectivity index (χ2n) is 10.1. The molecule has 3 aromatic rings. The standard InChI is InChI=1S/C28H32F3N5O3/c1-19-20(5-4-6-23(19)28(29,30)31)17-36-18-22(27(38)32-7-10-34-8-2-3-9-34)26(37)25-24(36)15-21(16-33-25)35-11-13-39-14-12-35/h4-6,15-16,18H,2-3,7-14,17H2,1H3,(H,32,38). The van der Waals surface area contributed by atoms with E-state index in [-0.39, 0.29) is 23.2 Å². The lowest BCUT2D eigenvalue weighted by molar-refractivity contribution is -0.138. The number of hydrogen-bond donors (Lipinski definition) is 1. The Hall–Kier alpha value is -3.44. The van der Waals surface area contributed by atoms with E-state index in [0.717, 1.165) is 37.7 Å². The molecule has 0 unspecified atom stereocenters. The van der Waals surface area contributed by atoms with Crippen LogP contribution in [0.4, 0.5) is 18.9 Å². The molecule has 0 bridgehead atoms. The molecule has 208 valence electrons. The van der Waals surface area contributed by atoms with Crippen LogP contribution in [0.15, 0.2) is 41.5 Å². The van der Waals surface area contributed by atoms with Gasteiger partial charge >= 0.3 is 6.18 Å². The molecule has 0 atom stereocenters. The molecule has 5 rings (SSSR count). The van der Waals surface area contributed by atoms with Crippen molar-refractivity contribution in [3.8, 4) is 0 Å². The quantitative estimate of drug-likeness (QED) is 0.492. The fourth-order valence-corrected chi connectivity index (χ4v) is 5.31. The number of alkyl halides is 3. The lowest BCUT2D eigenvalue weighted by atomic mass is 10.0. The van der Waals surface area contributed by atoms with Crippen molar-refractivity contribution in [1.29, 1.82) is 0 Å². The Kier molecular flexibility index (Phi) is 7.90. The van der Waals surface area contributed by atoms with Crippen molar-refractivity contribution in [1.82, 2.24) is 19.8 Å². The molecule has 4 heterocycles. The highest BCUT2D eigenvalue weighted by molar-refractivity contribution is 5.97. The number of aromatic nitrogens is 2. The first-order valence-electron chi connectivity index (χ1n) is 13.2. The summed E-state index contributed by atoms with van der Waals surface area (Å²) in [6.45, 7) is 6.97. The predicted octanol–water partition coefficient (Wildman–Crippen LogP) is 3.43. The van der Waals surface area contributed by atoms with Gasteiger partial charge in [0.05, 0.1) is 36.2 Å². The number of carbonyl (C=O) groups is 1. The van der Waals surface area contributed by atoms with E-state index >= 15 is 0 Å². The molecule has 2 aliphatic heterocycles. The Morgan fingerprint density at radius 1 is 1.13 bits per heavy atom. The van der Waals surface area contributed by atoms with Gasteiger partial charge in [-0.1, -0.05) is 12.1 Å². The number of hydrogen-bond acceptors (Lipinski definition) is 6. The third-order valence-corrected chi connectivity index (χ3v) is 7.53. The predicted molar refractivity (Wildman–Crippen MR) is 142 cm³/mol. The smallest absolute Gasteiger partial charge is 0.378 e. The molecule has 0 spiro atoms. The van der Waals surface area contributed by atoms with Crippen LogP contribution in [0.2, 0.25) is 0 Å². The maximum atomic E-state index is 13.6. The number of nitrogens with one attached hydrogen (secondary N) is 1. The maximum absolute atomic E-state index is 13.6. The average molecular weight is 544 g/mol. The molecule has 0 saturated carbocycles. The Balaban J connectivity index is 1.53. The van der Waals surface area contributed by atoms with E-state index in [1.54, 1.807) is 16.8 Å². The number of rotatable bonds is 7. The molecule has 39 heavy (non-hydrogen) atoms. The van der Waals surface area contributed by atoms with Crippen molar-refractivity contribution < 1.29 is 22.7 Å². The first-order chi connectivity index (χ1) is 18.7. The molecule has 2 fully saturated rings. The van der Waals surface area contributed by atoms with Gasteiger partial charge < -0.3 is 24.4 Å². The van der Waals surface area contributed by atoms with Gasteiger partial charge in [-0.25, -0.2) is 4.98 Å². The van der Waals surface area contributed by atoms with Gasteiger partial charge in [-0.2, -0.15) is 13.2 Å². The fourth-order valence-electron chi connectivity index (χ4n) is 5.31. The van der Waals surface area contributed by atoms with E-state index in [0.29, 0.717) is 50.5 Å². The van der Waals surface area contributed by atoms with Crippen LogP contribution in [-0.2, 0) is 17.5 Å². The second kappa shape index (κ2) is 11.4. The first-order valence-corrected chi connectivity index (χ1v) is 13.2. The van der Waals surface area contributed by atoms with Crippen LogP contribution in [0.1, 0.15) is 39.9 Å². The van der Waals surface area contributed by atoms with Gasteiger partial charge in [0.1, 0.15) is 11.1 Å². The van der Waals surface area contributed by atoms with Crippen molar-refractivity contribution in [2.45, 2.75) is 32.5 Å². The van der Waals surface area contributed by atoms with E-state index in [9.17, 15) is 22.8 Å². The van der Waals surface area contributed by atoms with Gasteiger partial charge in [0.25, 0.3) is 5.91 Å². The summed E-state index contributed by atoms with van der Waals surface area (Å²) in [5.41, 5.74) is 0.574. The molecule has 1 N–H and O–H groups in total. The number of likely N-dealkylation sites (tertiary alicyclic amines) is 1. The van der Waals surface area contributed by atoms with Crippen molar-refractivity contribution in [3.05, 3.63) is 69.1 Å². The van der Waals surface area contributed by atoms with Crippen LogP contribution in [-0.4, -0.2) is 72.8 Å². The third-order valence-electron chi connectivity index (χ3n) is 7.53. The molecule has 2 aromatic heterocycles. The molecular weight excluding hydrogens is 511 g/mol. The zero-order valence-electron chi connectivity index (χ0n) is 21.9. The van der Waals surface area contributed by atoms with E-state index < -0.39 is 23.1 Å². The number of anilines is 1. The minimum absolute atomic E-state index is 0.0365. The topological polar surface area (TPSA) is 79.7 Å². The van der Waals surface area contributed by atoms with Crippen molar-refractivity contribution >= 4 is 22.6 Å². The Morgan fingerprint density at radius 3 is 2.59 bits per heavy atom. The van der Waals surface area contributed by atoms with Gasteiger partial charge in [0, 0.05) is 38.9 Å². The van der Waals surface area contributed by atoms with Gasteiger partial charge in [0.2, 0.25) is 5.43 Å². The summed E-state index contributed by atoms with van der Waals surface area (Å²) in [6, 6.07) is 5.87. The molecule has 2 aliphatic rings. The van der Waals surface area contributed by atoms with E-state index in [2.05, 4.69) is 20.1 Å². The zero-order valence-corrected chi connectivity index (χ0v) is 21.9. The van der Waals surface area contributed by atoms with Crippen LogP contribution in [0.3, 0.4) is 0 Å². The van der Waals surface area contributed by atoms with Gasteiger partial charge in [-0.05, 0) is 56.1 Å². The zero-order chi connectivity index (χ0) is 27.6. The number of amides is 1. The molecular formula is C28H32F3N5O3. The number of nitrogens with zero attached hydrogens (tertiary/aromatic N) is 4. The molecule has 1 amide bonds. The highest BCUT2D eigenvalue weighted by Crippen LogP contribution is 2.33. The van der Waals surface area contributed by atoms with Crippen molar-refractivity contribution in [2.75, 3.05) is 57.4 Å². The van der Waals surface area contributed by atoms with Gasteiger partial charge in [0.15, 0.2) is 0 Å². The molecule has 0 radical (unpaired) electrons. The number of halogens is 3.